The van der Waals surface area contributed by atoms with Gasteiger partial charge in [0.25, 0.3) is 0 Å². The molecule has 152 valence electrons. The lowest BCUT2D eigenvalue weighted by atomic mass is 10.2. The van der Waals surface area contributed by atoms with Gasteiger partial charge in [-0.25, -0.2) is 4.68 Å². The SMILES string of the molecule is Cc1cc(NC(=O)CCCc2nnc(-c3ccccc3)o2)n(-c2cccc(Br)c2)n1. The summed E-state index contributed by atoms with van der Waals surface area (Å²) >= 11 is 3.47. The summed E-state index contributed by atoms with van der Waals surface area (Å²) in [7, 11) is 0. The fourth-order valence-electron chi connectivity index (χ4n) is 3.05. The predicted octanol–water partition coefficient (Wildman–Crippen LogP) is 4.95. The number of benzene rings is 2. The van der Waals surface area contributed by atoms with Gasteiger partial charge in [-0.1, -0.05) is 40.2 Å². The Morgan fingerprint density at radius 3 is 2.73 bits per heavy atom. The standard InChI is InChI=1S/C22H20BrN5O2/c1-15-13-19(28(27-15)18-10-5-9-17(23)14-18)24-20(29)11-6-12-21-25-26-22(30-21)16-7-3-2-4-8-16/h2-5,7-10,13-14H,6,11-12H2,1H3,(H,24,29). The van der Waals surface area contributed by atoms with Gasteiger partial charge >= 0.3 is 0 Å². The van der Waals surface area contributed by atoms with Crippen LogP contribution in [0.15, 0.2) is 69.6 Å². The first-order valence-corrected chi connectivity index (χ1v) is 10.4. The molecule has 0 fully saturated rings. The molecule has 0 bridgehead atoms. The highest BCUT2D eigenvalue weighted by atomic mass is 79.9. The molecule has 0 radical (unpaired) electrons. The van der Waals surface area contributed by atoms with Gasteiger partial charge in [0, 0.05) is 28.9 Å². The van der Waals surface area contributed by atoms with Crippen LogP contribution in [-0.4, -0.2) is 25.9 Å². The molecule has 7 nitrogen and oxygen atoms in total. The van der Waals surface area contributed by atoms with Gasteiger partial charge < -0.3 is 9.73 Å². The Kier molecular flexibility index (Phi) is 6.04. The van der Waals surface area contributed by atoms with Crippen LogP contribution in [-0.2, 0) is 11.2 Å². The van der Waals surface area contributed by atoms with E-state index in [4.69, 9.17) is 4.42 Å². The van der Waals surface area contributed by atoms with Crippen LogP contribution in [0.2, 0.25) is 0 Å². The van der Waals surface area contributed by atoms with Crippen molar-refractivity contribution < 1.29 is 9.21 Å². The van der Waals surface area contributed by atoms with Crippen LogP contribution in [0.5, 0.6) is 0 Å². The van der Waals surface area contributed by atoms with Crippen LogP contribution in [0, 0.1) is 6.92 Å². The first-order chi connectivity index (χ1) is 14.6. The zero-order chi connectivity index (χ0) is 20.9. The summed E-state index contributed by atoms with van der Waals surface area (Å²) in [6.07, 6.45) is 1.48. The van der Waals surface area contributed by atoms with Crippen molar-refractivity contribution in [3.8, 4) is 17.1 Å². The number of aryl methyl sites for hydroxylation is 2. The van der Waals surface area contributed by atoms with Gasteiger partial charge in [-0.15, -0.1) is 10.2 Å². The Bertz CT molecular complexity index is 1150. The number of carbonyl (C=O) groups is 1. The number of rotatable bonds is 7. The molecular weight excluding hydrogens is 446 g/mol. The topological polar surface area (TPSA) is 85.8 Å². The molecule has 0 aliphatic rings. The predicted molar refractivity (Wildman–Crippen MR) is 117 cm³/mol. The lowest BCUT2D eigenvalue weighted by Gasteiger charge is -2.09. The summed E-state index contributed by atoms with van der Waals surface area (Å²) in [6.45, 7) is 1.89. The maximum atomic E-state index is 12.5. The molecule has 0 saturated heterocycles. The third-order valence-electron chi connectivity index (χ3n) is 4.43. The molecule has 0 atom stereocenters. The number of nitrogens with one attached hydrogen (secondary N) is 1. The Balaban J connectivity index is 1.34. The average Bonchev–Trinajstić information content (AvgIpc) is 3.35. The number of carbonyl (C=O) groups excluding carboxylic acids is 1. The lowest BCUT2D eigenvalue weighted by molar-refractivity contribution is -0.116. The fourth-order valence-corrected chi connectivity index (χ4v) is 3.44. The number of hydrogen-bond acceptors (Lipinski definition) is 5. The molecule has 4 aromatic rings. The van der Waals surface area contributed by atoms with Gasteiger partial charge in [0.15, 0.2) is 0 Å². The second kappa shape index (κ2) is 9.04. The normalized spacial score (nSPS) is 10.9. The van der Waals surface area contributed by atoms with Crippen molar-refractivity contribution in [2.45, 2.75) is 26.2 Å². The monoisotopic (exact) mass is 465 g/mol. The molecule has 0 spiro atoms. The van der Waals surface area contributed by atoms with Crippen LogP contribution < -0.4 is 5.32 Å². The van der Waals surface area contributed by atoms with E-state index in [1.807, 2.05) is 67.6 Å². The maximum Gasteiger partial charge on any atom is 0.247 e. The van der Waals surface area contributed by atoms with Crippen LogP contribution in [0.1, 0.15) is 24.4 Å². The zero-order valence-corrected chi connectivity index (χ0v) is 18.0. The second-order valence-corrected chi connectivity index (χ2v) is 7.75. The first-order valence-electron chi connectivity index (χ1n) is 9.59. The molecule has 0 aliphatic carbocycles. The zero-order valence-electron chi connectivity index (χ0n) is 16.4. The van der Waals surface area contributed by atoms with Crippen LogP contribution in [0.25, 0.3) is 17.1 Å². The number of hydrogen-bond donors (Lipinski definition) is 1. The number of nitrogens with zero attached hydrogens (tertiary/aromatic N) is 4. The smallest absolute Gasteiger partial charge is 0.247 e. The van der Waals surface area contributed by atoms with Crippen LogP contribution >= 0.6 is 15.9 Å². The number of halogens is 1. The Labute approximate surface area is 182 Å². The molecular formula is C22H20BrN5O2. The molecule has 8 heteroatoms. The summed E-state index contributed by atoms with van der Waals surface area (Å²) in [4.78, 5) is 12.5. The highest BCUT2D eigenvalue weighted by Crippen LogP contribution is 2.21. The summed E-state index contributed by atoms with van der Waals surface area (Å²) in [5.41, 5.74) is 2.57. The molecule has 0 saturated carbocycles. The van der Waals surface area contributed by atoms with Crippen molar-refractivity contribution in [2.24, 2.45) is 0 Å². The van der Waals surface area contributed by atoms with E-state index in [2.05, 4.69) is 36.5 Å². The van der Waals surface area contributed by atoms with Gasteiger partial charge in [0.05, 0.1) is 11.4 Å². The minimum atomic E-state index is -0.0889. The van der Waals surface area contributed by atoms with E-state index >= 15 is 0 Å². The van der Waals surface area contributed by atoms with Gasteiger partial charge in [0.2, 0.25) is 17.7 Å². The minimum Gasteiger partial charge on any atom is -0.421 e. The van der Waals surface area contributed by atoms with Gasteiger partial charge in [-0.05, 0) is 43.7 Å². The third kappa shape index (κ3) is 4.83. The average molecular weight is 466 g/mol. The number of aromatic nitrogens is 4. The summed E-state index contributed by atoms with van der Waals surface area (Å²) in [5.74, 6) is 1.56. The number of anilines is 1. The molecule has 0 aliphatic heterocycles. The number of amides is 1. The Morgan fingerprint density at radius 1 is 1.10 bits per heavy atom. The van der Waals surface area contributed by atoms with Crippen LogP contribution in [0.3, 0.4) is 0 Å². The van der Waals surface area contributed by atoms with Crippen molar-refractivity contribution in [2.75, 3.05) is 5.32 Å². The molecule has 2 aromatic carbocycles. The van der Waals surface area contributed by atoms with E-state index in [1.54, 1.807) is 4.68 Å². The Hall–Kier alpha value is -3.26. The van der Waals surface area contributed by atoms with E-state index in [0.29, 0.717) is 36.9 Å². The first kappa shape index (κ1) is 20.0. The summed E-state index contributed by atoms with van der Waals surface area (Å²) in [6, 6.07) is 19.2. The molecule has 1 N–H and O–H groups in total. The molecule has 1 amide bonds. The highest BCUT2D eigenvalue weighted by molar-refractivity contribution is 9.10. The molecule has 30 heavy (non-hydrogen) atoms. The van der Waals surface area contributed by atoms with E-state index in [9.17, 15) is 4.79 Å². The molecule has 0 unspecified atom stereocenters. The van der Waals surface area contributed by atoms with Crippen LogP contribution in [0.4, 0.5) is 5.82 Å². The van der Waals surface area contributed by atoms with E-state index in [1.165, 1.54) is 0 Å². The fraction of sp³-hybridized carbons (Fsp3) is 0.182. The van der Waals surface area contributed by atoms with Gasteiger partial charge in [-0.3, -0.25) is 4.79 Å². The van der Waals surface area contributed by atoms with E-state index < -0.39 is 0 Å². The summed E-state index contributed by atoms with van der Waals surface area (Å²) < 4.78 is 8.36. The molecule has 4 rings (SSSR count). The molecule has 2 heterocycles. The molecule has 2 aromatic heterocycles. The Morgan fingerprint density at radius 2 is 1.93 bits per heavy atom. The second-order valence-electron chi connectivity index (χ2n) is 6.83. The van der Waals surface area contributed by atoms with Crippen molar-refractivity contribution >= 4 is 27.7 Å². The van der Waals surface area contributed by atoms with Crippen molar-refractivity contribution in [1.82, 2.24) is 20.0 Å². The van der Waals surface area contributed by atoms with Gasteiger partial charge in [0.1, 0.15) is 5.82 Å². The van der Waals surface area contributed by atoms with Crippen molar-refractivity contribution in [3.63, 3.8) is 0 Å². The van der Waals surface area contributed by atoms with Gasteiger partial charge in [-0.2, -0.15) is 5.10 Å². The highest BCUT2D eigenvalue weighted by Gasteiger charge is 2.13. The lowest BCUT2D eigenvalue weighted by Crippen LogP contribution is -2.15. The maximum absolute atomic E-state index is 12.5. The van der Waals surface area contributed by atoms with E-state index in [-0.39, 0.29) is 5.91 Å². The quantitative estimate of drug-likeness (QED) is 0.416. The minimum absolute atomic E-state index is 0.0889. The summed E-state index contributed by atoms with van der Waals surface area (Å²) in [5, 5.41) is 15.6. The van der Waals surface area contributed by atoms with Crippen molar-refractivity contribution in [1.29, 1.82) is 0 Å². The van der Waals surface area contributed by atoms with E-state index in [0.717, 1.165) is 21.4 Å². The largest absolute Gasteiger partial charge is 0.421 e. The van der Waals surface area contributed by atoms with Crippen molar-refractivity contribution in [3.05, 3.63) is 76.7 Å². The third-order valence-corrected chi connectivity index (χ3v) is 4.93.